The predicted octanol–water partition coefficient (Wildman–Crippen LogP) is 3.77. The van der Waals surface area contributed by atoms with Crippen LogP contribution in [-0.4, -0.2) is 51.4 Å². The largest absolute Gasteiger partial charge is 0.414 e. The summed E-state index contributed by atoms with van der Waals surface area (Å²) in [6.07, 6.45) is 3.01. The number of ether oxygens (including phenoxy) is 4. The molecule has 0 radical (unpaired) electrons. The molecule has 0 saturated carbocycles. The third-order valence-corrected chi connectivity index (χ3v) is 10.3. The fraction of sp³-hybridized carbons (Fsp3) is 0.789. The van der Waals surface area contributed by atoms with Gasteiger partial charge in [0.05, 0.1) is 13.2 Å². The summed E-state index contributed by atoms with van der Waals surface area (Å²) >= 11 is 0. The molecule has 6 heteroatoms. The first kappa shape index (κ1) is 19.3. The number of rotatable bonds is 4. The third-order valence-electron chi connectivity index (χ3n) is 5.83. The van der Waals surface area contributed by atoms with Gasteiger partial charge in [-0.05, 0) is 32.0 Å². The molecule has 4 atom stereocenters. The van der Waals surface area contributed by atoms with E-state index in [9.17, 15) is 0 Å². The normalized spacial score (nSPS) is 37.4. The lowest BCUT2D eigenvalue weighted by Crippen LogP contribution is -2.45. The lowest BCUT2D eigenvalue weighted by Gasteiger charge is -2.37. The fourth-order valence-corrected chi connectivity index (χ4v) is 4.42. The Balaban J connectivity index is 1.82. The van der Waals surface area contributed by atoms with E-state index < -0.39 is 19.9 Å². The van der Waals surface area contributed by atoms with Crippen LogP contribution in [0, 0.1) is 0 Å². The minimum atomic E-state index is -1.88. The molecule has 3 aliphatic rings. The van der Waals surface area contributed by atoms with E-state index in [2.05, 4.69) is 40.4 Å². The topological polar surface area (TPSA) is 46.2 Å². The molecule has 0 amide bonds. The Morgan fingerprint density at radius 3 is 2.56 bits per heavy atom. The summed E-state index contributed by atoms with van der Waals surface area (Å²) in [5.74, 6) is -1.60. The molecule has 2 fully saturated rings. The zero-order valence-corrected chi connectivity index (χ0v) is 17.5. The first-order chi connectivity index (χ1) is 11.4. The first-order valence-corrected chi connectivity index (χ1v) is 12.0. The van der Waals surface area contributed by atoms with E-state index in [1.165, 1.54) is 0 Å². The molecule has 0 unspecified atom stereocenters. The second kappa shape index (κ2) is 6.01. The van der Waals surface area contributed by atoms with Crippen LogP contribution in [0.3, 0.4) is 0 Å². The molecule has 0 aromatic heterocycles. The molecule has 142 valence electrons. The highest BCUT2D eigenvalue weighted by Crippen LogP contribution is 2.50. The predicted molar refractivity (Wildman–Crippen MR) is 98.8 cm³/mol. The van der Waals surface area contributed by atoms with Gasteiger partial charge in [0.25, 0.3) is 0 Å². The summed E-state index contributed by atoms with van der Waals surface area (Å²) < 4.78 is 31.1. The van der Waals surface area contributed by atoms with E-state index in [-0.39, 0.29) is 23.4 Å². The van der Waals surface area contributed by atoms with Gasteiger partial charge in [0.15, 0.2) is 14.1 Å². The summed E-state index contributed by atoms with van der Waals surface area (Å²) in [6.45, 7) is 19.9. The van der Waals surface area contributed by atoms with Crippen molar-refractivity contribution in [3.63, 3.8) is 0 Å². The maximum Gasteiger partial charge on any atom is 0.225 e. The fourth-order valence-electron chi connectivity index (χ4n) is 3.40. The van der Waals surface area contributed by atoms with Crippen LogP contribution >= 0.6 is 0 Å². The summed E-state index contributed by atoms with van der Waals surface area (Å²) in [5, 5.41) is 0.144. The van der Waals surface area contributed by atoms with Crippen LogP contribution in [0.1, 0.15) is 34.6 Å². The van der Waals surface area contributed by atoms with Gasteiger partial charge in [-0.3, -0.25) is 0 Å². The zero-order chi connectivity index (χ0) is 18.7. The van der Waals surface area contributed by atoms with Gasteiger partial charge in [0, 0.05) is 5.57 Å². The number of hydrogen-bond acceptors (Lipinski definition) is 5. The SMILES string of the molecule is C=CC1=CCO[C@@]12O[C@H](CO[Si](C)(C)C(C)(C)C)[C@H]1OC(C)(C)O[C@H]12. The van der Waals surface area contributed by atoms with Crippen molar-refractivity contribution in [3.05, 3.63) is 24.3 Å². The van der Waals surface area contributed by atoms with E-state index in [0.29, 0.717) is 13.2 Å². The van der Waals surface area contributed by atoms with E-state index in [1.807, 2.05) is 19.9 Å². The second-order valence-corrected chi connectivity index (χ2v) is 13.9. The molecule has 1 spiro atoms. The molecule has 3 rings (SSSR count). The van der Waals surface area contributed by atoms with Gasteiger partial charge in [-0.2, -0.15) is 0 Å². The molecule has 3 heterocycles. The van der Waals surface area contributed by atoms with Crippen molar-refractivity contribution < 1.29 is 23.4 Å². The molecule has 0 N–H and O–H groups in total. The lowest BCUT2D eigenvalue weighted by molar-refractivity contribution is -0.266. The highest BCUT2D eigenvalue weighted by molar-refractivity contribution is 6.74. The van der Waals surface area contributed by atoms with Crippen molar-refractivity contribution in [2.75, 3.05) is 13.2 Å². The molecule has 3 aliphatic heterocycles. The van der Waals surface area contributed by atoms with Gasteiger partial charge < -0.3 is 23.4 Å². The highest BCUT2D eigenvalue weighted by Gasteiger charge is 2.66. The molecule has 2 saturated heterocycles. The molecule has 0 bridgehead atoms. The summed E-state index contributed by atoms with van der Waals surface area (Å²) in [7, 11) is -1.88. The van der Waals surface area contributed by atoms with Crippen LogP contribution in [-0.2, 0) is 23.4 Å². The van der Waals surface area contributed by atoms with Gasteiger partial charge in [-0.1, -0.05) is 39.5 Å². The van der Waals surface area contributed by atoms with E-state index in [4.69, 9.17) is 23.4 Å². The number of hydrogen-bond donors (Lipinski definition) is 0. The van der Waals surface area contributed by atoms with Crippen molar-refractivity contribution in [1.82, 2.24) is 0 Å². The van der Waals surface area contributed by atoms with Gasteiger partial charge in [-0.15, -0.1) is 0 Å². The molecule has 0 aromatic carbocycles. The average Bonchev–Trinajstić information content (AvgIpc) is 3.10. The van der Waals surface area contributed by atoms with Crippen molar-refractivity contribution in [1.29, 1.82) is 0 Å². The minimum absolute atomic E-state index is 0.144. The monoisotopic (exact) mass is 368 g/mol. The Kier molecular flexibility index (Phi) is 4.63. The Labute approximate surface area is 152 Å². The van der Waals surface area contributed by atoms with Gasteiger partial charge in [0.1, 0.15) is 18.3 Å². The lowest BCUT2D eigenvalue weighted by atomic mass is 9.99. The van der Waals surface area contributed by atoms with Crippen LogP contribution in [0.25, 0.3) is 0 Å². The second-order valence-electron chi connectivity index (χ2n) is 9.09. The van der Waals surface area contributed by atoms with Crippen LogP contribution in [0.5, 0.6) is 0 Å². The van der Waals surface area contributed by atoms with Crippen LogP contribution in [0.2, 0.25) is 18.1 Å². The van der Waals surface area contributed by atoms with Gasteiger partial charge >= 0.3 is 0 Å². The molecular formula is C19H32O5Si. The van der Waals surface area contributed by atoms with E-state index >= 15 is 0 Å². The quantitative estimate of drug-likeness (QED) is 0.707. The third kappa shape index (κ3) is 3.17. The standard InChI is InChI=1S/C19H32O5Si/c1-9-13-10-11-20-19(13)16-15(23-18(5,6)24-16)14(22-19)12-21-25(7,8)17(2,3)4/h9-10,14-16H,1,11-12H2,2-8H3/t14-,15-,16-,19-/m1/s1. The molecular weight excluding hydrogens is 336 g/mol. The van der Waals surface area contributed by atoms with Crippen LogP contribution < -0.4 is 0 Å². The van der Waals surface area contributed by atoms with Crippen LogP contribution in [0.15, 0.2) is 24.3 Å². The van der Waals surface area contributed by atoms with Gasteiger partial charge in [-0.25, -0.2) is 0 Å². The Morgan fingerprint density at radius 1 is 1.28 bits per heavy atom. The van der Waals surface area contributed by atoms with E-state index in [0.717, 1.165) is 5.57 Å². The Morgan fingerprint density at radius 2 is 1.96 bits per heavy atom. The molecule has 0 aliphatic carbocycles. The van der Waals surface area contributed by atoms with Crippen LogP contribution in [0.4, 0.5) is 0 Å². The average molecular weight is 369 g/mol. The maximum absolute atomic E-state index is 6.40. The maximum atomic E-state index is 6.40. The Hall–Kier alpha value is -0.503. The first-order valence-electron chi connectivity index (χ1n) is 9.06. The smallest absolute Gasteiger partial charge is 0.225 e. The van der Waals surface area contributed by atoms with Crippen molar-refractivity contribution in [2.24, 2.45) is 0 Å². The van der Waals surface area contributed by atoms with Gasteiger partial charge in [0.2, 0.25) is 5.79 Å². The minimum Gasteiger partial charge on any atom is -0.414 e. The van der Waals surface area contributed by atoms with E-state index in [1.54, 1.807) is 6.08 Å². The van der Waals surface area contributed by atoms with Crippen molar-refractivity contribution in [2.45, 2.75) is 82.6 Å². The Bertz CT molecular complexity index is 577. The molecule has 5 nitrogen and oxygen atoms in total. The van der Waals surface area contributed by atoms with Crippen molar-refractivity contribution in [3.8, 4) is 0 Å². The molecule has 0 aromatic rings. The van der Waals surface area contributed by atoms with Crippen molar-refractivity contribution >= 4 is 8.32 Å². The number of fused-ring (bicyclic) bond motifs is 2. The summed E-state index contributed by atoms with van der Waals surface area (Å²) in [5.41, 5.74) is 0.915. The molecule has 25 heavy (non-hydrogen) atoms. The summed E-state index contributed by atoms with van der Waals surface area (Å²) in [4.78, 5) is 0. The highest BCUT2D eigenvalue weighted by atomic mass is 28.4. The summed E-state index contributed by atoms with van der Waals surface area (Å²) in [6, 6.07) is 0. The zero-order valence-electron chi connectivity index (χ0n) is 16.5.